The Balaban J connectivity index is 1.12. The van der Waals surface area contributed by atoms with Gasteiger partial charge in [-0.15, -0.1) is 11.3 Å². The zero-order valence-electron chi connectivity index (χ0n) is 32.7. The van der Waals surface area contributed by atoms with Gasteiger partial charge in [0.25, 0.3) is 0 Å². The van der Waals surface area contributed by atoms with E-state index in [4.69, 9.17) is 9.97 Å². The fraction of sp³-hybridized carbons (Fsp3) is 0. The summed E-state index contributed by atoms with van der Waals surface area (Å²) >= 11 is 1.74. The minimum absolute atomic E-state index is 0.667. The quantitative estimate of drug-likeness (QED) is 0.167. The average Bonchev–Trinajstić information content (AvgIpc) is 3.98. The predicted octanol–water partition coefficient (Wildman–Crippen LogP) is 15.3. The van der Waals surface area contributed by atoms with Crippen LogP contribution in [-0.2, 0) is 0 Å². The van der Waals surface area contributed by atoms with Crippen LogP contribution in [0.1, 0.15) is 0 Å². The molecule has 5 heteroatoms. The molecule has 0 aliphatic carbocycles. The minimum Gasteiger partial charge on any atom is -0.309 e. The lowest BCUT2D eigenvalue weighted by atomic mass is 9.91. The third-order valence-corrected chi connectivity index (χ3v) is 14.0. The van der Waals surface area contributed by atoms with Crippen molar-refractivity contribution >= 4 is 118 Å². The second kappa shape index (κ2) is 12.3. The van der Waals surface area contributed by atoms with Gasteiger partial charge in [0.15, 0.2) is 0 Å². The van der Waals surface area contributed by atoms with Crippen molar-refractivity contribution in [3.8, 4) is 22.9 Å². The second-order valence-corrected chi connectivity index (χ2v) is 17.1. The van der Waals surface area contributed by atoms with Crippen LogP contribution in [0.2, 0.25) is 0 Å². The number of benzene rings is 10. The monoisotopic (exact) mass is 792 g/mol. The lowest BCUT2D eigenvalue weighted by Gasteiger charge is -2.13. The molecule has 0 unspecified atom stereocenters. The molecule has 14 rings (SSSR count). The molecule has 4 aromatic heterocycles. The van der Waals surface area contributed by atoms with E-state index in [2.05, 4.69) is 203 Å². The van der Waals surface area contributed by atoms with Gasteiger partial charge >= 0.3 is 0 Å². The standard InChI is InChI=1S/C56H32N4S/c1-2-16-36(17-3-1)59-46-24-12-10-21-40(46)44-31-35(26-28-47(44)59)54-53-43-23-11-13-25-50(43)61-55(53)58-56(57-54)60-48-29-27-42-39-20-7-6-18-37(39)38-19-8-9-22-41(38)51(42)52(48)45-30-33-14-4-5-15-34(33)32-49(45)60/h1-32H. The number of aromatic nitrogens is 4. The van der Waals surface area contributed by atoms with Gasteiger partial charge in [0.1, 0.15) is 4.83 Å². The van der Waals surface area contributed by atoms with Gasteiger partial charge in [-0.1, -0.05) is 140 Å². The number of fused-ring (bicyclic) bond motifs is 17. The van der Waals surface area contributed by atoms with Crippen molar-refractivity contribution in [1.29, 1.82) is 0 Å². The molecular formula is C56H32N4S. The number of nitrogens with zero attached hydrogens (tertiary/aromatic N) is 4. The molecule has 4 heterocycles. The molecular weight excluding hydrogens is 761 g/mol. The molecule has 0 saturated carbocycles. The van der Waals surface area contributed by atoms with E-state index in [9.17, 15) is 0 Å². The van der Waals surface area contributed by atoms with E-state index in [0.717, 1.165) is 43.7 Å². The van der Waals surface area contributed by atoms with Crippen molar-refractivity contribution < 1.29 is 0 Å². The van der Waals surface area contributed by atoms with E-state index < -0.39 is 0 Å². The van der Waals surface area contributed by atoms with Crippen LogP contribution >= 0.6 is 11.3 Å². The number of thiophene rings is 1. The Bertz CT molecular complexity index is 4140. The van der Waals surface area contributed by atoms with Crippen LogP contribution in [0.15, 0.2) is 194 Å². The zero-order chi connectivity index (χ0) is 39.8. The Hall–Kier alpha value is -7.86. The summed E-state index contributed by atoms with van der Waals surface area (Å²) in [4.78, 5) is 12.2. The largest absolute Gasteiger partial charge is 0.309 e. The molecule has 0 radical (unpaired) electrons. The van der Waals surface area contributed by atoms with Gasteiger partial charge in [-0.2, -0.15) is 0 Å². The van der Waals surface area contributed by atoms with Crippen molar-refractivity contribution in [3.63, 3.8) is 0 Å². The first-order valence-corrected chi connectivity index (χ1v) is 21.6. The molecule has 0 aliphatic heterocycles. The molecule has 0 amide bonds. The van der Waals surface area contributed by atoms with Crippen LogP contribution in [-0.4, -0.2) is 19.1 Å². The average molecular weight is 793 g/mol. The fourth-order valence-corrected chi connectivity index (χ4v) is 11.4. The molecule has 0 spiro atoms. The minimum atomic E-state index is 0.667. The highest BCUT2D eigenvalue weighted by molar-refractivity contribution is 7.25. The number of hydrogen-bond donors (Lipinski definition) is 0. The fourth-order valence-electron chi connectivity index (χ4n) is 10.3. The summed E-state index contributed by atoms with van der Waals surface area (Å²) in [7, 11) is 0. The summed E-state index contributed by atoms with van der Waals surface area (Å²) in [5, 5.41) is 17.0. The smallest absolute Gasteiger partial charge is 0.236 e. The number of hydrogen-bond acceptors (Lipinski definition) is 3. The molecule has 61 heavy (non-hydrogen) atoms. The maximum Gasteiger partial charge on any atom is 0.236 e. The SMILES string of the molecule is c1ccc(-n2c3ccccc3c3cc(-c4nc(-n5c6cc7ccccc7cc6c6c7c8ccccc8c8ccccc8c7ccc65)nc5sc6ccccc6c45)ccc32)cc1. The molecule has 0 saturated heterocycles. The van der Waals surface area contributed by atoms with E-state index in [-0.39, 0.29) is 0 Å². The van der Waals surface area contributed by atoms with Crippen LogP contribution in [0.5, 0.6) is 0 Å². The summed E-state index contributed by atoms with van der Waals surface area (Å²) in [6.45, 7) is 0. The van der Waals surface area contributed by atoms with Gasteiger partial charge in [-0.3, -0.25) is 4.57 Å². The molecule has 4 nitrogen and oxygen atoms in total. The highest BCUT2D eigenvalue weighted by Crippen LogP contribution is 2.46. The predicted molar refractivity (Wildman–Crippen MR) is 259 cm³/mol. The Morgan fingerprint density at radius 2 is 0.951 bits per heavy atom. The van der Waals surface area contributed by atoms with Crippen LogP contribution in [0.4, 0.5) is 0 Å². The molecule has 0 N–H and O–H groups in total. The Morgan fingerprint density at radius 3 is 1.75 bits per heavy atom. The van der Waals surface area contributed by atoms with Gasteiger partial charge in [0.2, 0.25) is 5.95 Å². The molecule has 0 aliphatic rings. The zero-order valence-corrected chi connectivity index (χ0v) is 33.5. The normalized spacial score (nSPS) is 12.3. The van der Waals surface area contributed by atoms with E-state index in [1.807, 2.05) is 0 Å². The van der Waals surface area contributed by atoms with Crippen LogP contribution in [0.3, 0.4) is 0 Å². The summed E-state index contributed by atoms with van der Waals surface area (Å²) in [6.07, 6.45) is 0. The van der Waals surface area contributed by atoms with E-state index in [0.29, 0.717) is 5.95 Å². The molecule has 10 aromatic carbocycles. The maximum atomic E-state index is 5.71. The first-order chi connectivity index (χ1) is 30.3. The first-order valence-electron chi connectivity index (χ1n) is 20.7. The van der Waals surface area contributed by atoms with Crippen LogP contribution < -0.4 is 0 Å². The van der Waals surface area contributed by atoms with Crippen molar-refractivity contribution in [3.05, 3.63) is 194 Å². The summed E-state index contributed by atoms with van der Waals surface area (Å²) in [5.74, 6) is 0.667. The lowest BCUT2D eigenvalue weighted by molar-refractivity contribution is 1.02. The van der Waals surface area contributed by atoms with Crippen LogP contribution in [0, 0.1) is 0 Å². The molecule has 282 valence electrons. The highest BCUT2D eigenvalue weighted by atomic mass is 32.1. The molecule has 0 atom stereocenters. The van der Waals surface area contributed by atoms with Gasteiger partial charge < -0.3 is 4.57 Å². The van der Waals surface area contributed by atoms with E-state index >= 15 is 0 Å². The van der Waals surface area contributed by atoms with Gasteiger partial charge in [0.05, 0.1) is 27.8 Å². The van der Waals surface area contributed by atoms with E-state index in [1.54, 1.807) is 11.3 Å². The van der Waals surface area contributed by atoms with Crippen molar-refractivity contribution in [2.75, 3.05) is 0 Å². The first kappa shape index (κ1) is 33.0. The van der Waals surface area contributed by atoms with Gasteiger partial charge in [-0.25, -0.2) is 9.97 Å². The van der Waals surface area contributed by atoms with E-state index in [1.165, 1.54) is 80.2 Å². The van der Waals surface area contributed by atoms with Gasteiger partial charge in [0, 0.05) is 53.7 Å². The third kappa shape index (κ3) is 4.58. The highest BCUT2D eigenvalue weighted by Gasteiger charge is 2.24. The van der Waals surface area contributed by atoms with Crippen molar-refractivity contribution in [2.24, 2.45) is 0 Å². The van der Waals surface area contributed by atoms with Gasteiger partial charge in [-0.05, 0) is 92.3 Å². The number of rotatable bonds is 3. The lowest BCUT2D eigenvalue weighted by Crippen LogP contribution is -2.02. The van der Waals surface area contributed by atoms with Crippen molar-refractivity contribution in [2.45, 2.75) is 0 Å². The number of para-hydroxylation sites is 2. The molecule has 14 aromatic rings. The third-order valence-electron chi connectivity index (χ3n) is 12.9. The summed E-state index contributed by atoms with van der Waals surface area (Å²) < 4.78 is 5.90. The second-order valence-electron chi connectivity index (χ2n) is 16.1. The summed E-state index contributed by atoms with van der Waals surface area (Å²) in [6, 6.07) is 70.6. The van der Waals surface area contributed by atoms with Crippen LogP contribution in [0.25, 0.3) is 130 Å². The summed E-state index contributed by atoms with van der Waals surface area (Å²) in [5.41, 5.74) is 7.67. The Labute approximate surface area is 352 Å². The Morgan fingerprint density at radius 1 is 0.344 bits per heavy atom. The molecule has 0 bridgehead atoms. The Kier molecular flexibility index (Phi) is 6.68. The topological polar surface area (TPSA) is 35.6 Å². The van der Waals surface area contributed by atoms with Crippen molar-refractivity contribution in [1.82, 2.24) is 19.1 Å². The molecule has 0 fully saturated rings. The maximum absolute atomic E-state index is 5.71.